The number of pyridine rings is 1. The number of para-hydroxylation sites is 1. The Morgan fingerprint density at radius 2 is 1.82 bits per heavy atom. The van der Waals surface area contributed by atoms with Crippen LogP contribution in [0.15, 0.2) is 47.6 Å². The quantitative estimate of drug-likeness (QED) is 0.604. The molecule has 17 heavy (non-hydrogen) atoms. The van der Waals surface area contributed by atoms with Crippen molar-refractivity contribution in [3.63, 3.8) is 0 Å². The van der Waals surface area contributed by atoms with E-state index < -0.39 is 0 Å². The number of benzene rings is 1. The molecule has 2 heteroatoms. The van der Waals surface area contributed by atoms with E-state index in [1.807, 2.05) is 18.3 Å². The summed E-state index contributed by atoms with van der Waals surface area (Å²) in [5, 5.41) is 4.57. The SMILES string of the molecule is C1=c2ncccc2=C2N=c3ccccc3=C2C1. The largest absolute Gasteiger partial charge is 0.257 e. The van der Waals surface area contributed by atoms with Gasteiger partial charge in [-0.15, -0.1) is 0 Å². The number of hydrogen-bond donors (Lipinski definition) is 0. The van der Waals surface area contributed by atoms with E-state index in [0.29, 0.717) is 0 Å². The lowest BCUT2D eigenvalue weighted by atomic mass is 10.0. The second-order valence-electron chi connectivity index (χ2n) is 4.30. The molecule has 0 fully saturated rings. The Balaban J connectivity index is 2.28. The summed E-state index contributed by atoms with van der Waals surface area (Å²) in [6.45, 7) is 0. The fraction of sp³-hybridized carbons (Fsp3) is 0.0667. The van der Waals surface area contributed by atoms with Gasteiger partial charge in [0.1, 0.15) is 0 Å². The van der Waals surface area contributed by atoms with Gasteiger partial charge in [0.15, 0.2) is 0 Å². The fourth-order valence-corrected chi connectivity index (χ4v) is 2.55. The van der Waals surface area contributed by atoms with E-state index in [-0.39, 0.29) is 0 Å². The van der Waals surface area contributed by atoms with E-state index in [1.54, 1.807) is 0 Å². The summed E-state index contributed by atoms with van der Waals surface area (Å²) >= 11 is 0. The van der Waals surface area contributed by atoms with Crippen molar-refractivity contribution < 1.29 is 0 Å². The molecule has 80 valence electrons. The molecule has 0 spiro atoms. The van der Waals surface area contributed by atoms with Crippen LogP contribution >= 0.6 is 0 Å². The minimum absolute atomic E-state index is 0.930. The van der Waals surface area contributed by atoms with Crippen molar-refractivity contribution in [2.75, 3.05) is 0 Å². The van der Waals surface area contributed by atoms with Crippen LogP contribution in [0.3, 0.4) is 0 Å². The maximum atomic E-state index is 4.73. The van der Waals surface area contributed by atoms with Gasteiger partial charge >= 0.3 is 0 Å². The molecule has 0 bridgehead atoms. The summed E-state index contributed by atoms with van der Waals surface area (Å²) in [4.78, 5) is 9.13. The maximum Gasteiger partial charge on any atom is 0.0772 e. The van der Waals surface area contributed by atoms with E-state index in [2.05, 4.69) is 35.3 Å². The lowest BCUT2D eigenvalue weighted by molar-refractivity contribution is 1.18. The first kappa shape index (κ1) is 8.88. The molecule has 1 aromatic carbocycles. The monoisotopic (exact) mass is 218 g/mol. The molecule has 0 radical (unpaired) electrons. The molecule has 0 amide bonds. The maximum absolute atomic E-state index is 4.73. The van der Waals surface area contributed by atoms with Crippen molar-refractivity contribution >= 4 is 17.3 Å². The Kier molecular flexibility index (Phi) is 1.64. The van der Waals surface area contributed by atoms with Gasteiger partial charge in [-0.1, -0.05) is 24.3 Å². The van der Waals surface area contributed by atoms with Crippen molar-refractivity contribution in [1.29, 1.82) is 0 Å². The zero-order valence-corrected chi connectivity index (χ0v) is 9.22. The normalized spacial score (nSPS) is 15.5. The summed E-state index contributed by atoms with van der Waals surface area (Å²) < 4.78 is 0. The van der Waals surface area contributed by atoms with Gasteiger partial charge in [-0.3, -0.25) is 4.98 Å². The molecule has 0 N–H and O–H groups in total. The van der Waals surface area contributed by atoms with Crippen molar-refractivity contribution in [3.05, 3.63) is 63.7 Å². The number of fused-ring (bicyclic) bond motifs is 3. The van der Waals surface area contributed by atoms with Crippen molar-refractivity contribution in [2.45, 2.75) is 6.42 Å². The highest BCUT2D eigenvalue weighted by Gasteiger charge is 2.15. The van der Waals surface area contributed by atoms with Crippen LogP contribution in [-0.4, -0.2) is 4.98 Å². The van der Waals surface area contributed by atoms with Gasteiger partial charge in [0.05, 0.1) is 16.4 Å². The molecule has 1 aliphatic carbocycles. The molecule has 0 atom stereocenters. The second kappa shape index (κ2) is 3.14. The first-order chi connectivity index (χ1) is 8.43. The van der Waals surface area contributed by atoms with Crippen LogP contribution in [0.1, 0.15) is 6.42 Å². The van der Waals surface area contributed by atoms with Crippen LogP contribution < -0.4 is 21.1 Å². The summed E-state index contributed by atoms with van der Waals surface area (Å²) in [7, 11) is 0. The van der Waals surface area contributed by atoms with Gasteiger partial charge < -0.3 is 0 Å². The van der Waals surface area contributed by atoms with E-state index in [4.69, 9.17) is 4.99 Å². The summed E-state index contributed by atoms with van der Waals surface area (Å²) in [5.41, 5.74) is 2.44. The molecule has 2 nitrogen and oxygen atoms in total. The number of hydrogen-bond acceptors (Lipinski definition) is 2. The molecule has 1 aliphatic heterocycles. The molecule has 2 heterocycles. The molecule has 2 aromatic rings. The Bertz CT molecular complexity index is 860. The van der Waals surface area contributed by atoms with Crippen molar-refractivity contribution in [2.24, 2.45) is 4.99 Å². The Hall–Kier alpha value is -2.22. The van der Waals surface area contributed by atoms with Crippen LogP contribution in [0.5, 0.6) is 0 Å². The number of nitrogens with zero attached hydrogens (tertiary/aromatic N) is 2. The third-order valence-electron chi connectivity index (χ3n) is 3.34. The Labute approximate surface area is 98.0 Å². The highest BCUT2D eigenvalue weighted by Crippen LogP contribution is 2.19. The zero-order chi connectivity index (χ0) is 11.2. The first-order valence-electron chi connectivity index (χ1n) is 5.76. The fourth-order valence-electron chi connectivity index (χ4n) is 2.55. The lowest BCUT2D eigenvalue weighted by Gasteiger charge is -2.06. The second-order valence-corrected chi connectivity index (χ2v) is 4.30. The highest BCUT2D eigenvalue weighted by molar-refractivity contribution is 5.92. The smallest absolute Gasteiger partial charge is 0.0772 e. The van der Waals surface area contributed by atoms with Gasteiger partial charge in [0.25, 0.3) is 0 Å². The van der Waals surface area contributed by atoms with Crippen molar-refractivity contribution in [1.82, 2.24) is 4.98 Å². The van der Waals surface area contributed by atoms with Crippen LogP contribution in [0.4, 0.5) is 0 Å². The van der Waals surface area contributed by atoms with Gasteiger partial charge in [0.2, 0.25) is 0 Å². The molecular weight excluding hydrogens is 208 g/mol. The summed E-state index contributed by atoms with van der Waals surface area (Å²) in [6.07, 6.45) is 4.95. The van der Waals surface area contributed by atoms with Gasteiger partial charge in [-0.05, 0) is 30.2 Å². The van der Waals surface area contributed by atoms with Gasteiger partial charge in [0, 0.05) is 16.6 Å². The molecule has 4 rings (SSSR count). The predicted molar refractivity (Wildman–Crippen MR) is 66.6 cm³/mol. The topological polar surface area (TPSA) is 25.2 Å². The van der Waals surface area contributed by atoms with E-state index in [9.17, 15) is 0 Å². The molecule has 2 aliphatic rings. The Morgan fingerprint density at radius 3 is 2.82 bits per heavy atom. The minimum atomic E-state index is 0.930. The van der Waals surface area contributed by atoms with Crippen molar-refractivity contribution in [3.8, 4) is 0 Å². The lowest BCUT2D eigenvalue weighted by Crippen LogP contribution is -2.32. The van der Waals surface area contributed by atoms with E-state index >= 15 is 0 Å². The molecule has 0 saturated carbocycles. The van der Waals surface area contributed by atoms with Gasteiger partial charge in [-0.2, -0.15) is 0 Å². The van der Waals surface area contributed by atoms with Crippen LogP contribution in [-0.2, 0) is 0 Å². The zero-order valence-electron chi connectivity index (χ0n) is 9.22. The third kappa shape index (κ3) is 1.15. The van der Waals surface area contributed by atoms with Crippen LogP contribution in [0.25, 0.3) is 17.3 Å². The van der Waals surface area contributed by atoms with E-state index in [0.717, 1.165) is 28.0 Å². The van der Waals surface area contributed by atoms with Crippen LogP contribution in [0, 0.1) is 0 Å². The van der Waals surface area contributed by atoms with Crippen LogP contribution in [0.2, 0.25) is 0 Å². The number of rotatable bonds is 0. The summed E-state index contributed by atoms with van der Waals surface area (Å²) in [6, 6.07) is 12.4. The number of aromatic nitrogens is 1. The Morgan fingerprint density at radius 1 is 0.941 bits per heavy atom. The summed E-state index contributed by atoms with van der Waals surface area (Å²) in [5.74, 6) is 0. The first-order valence-corrected chi connectivity index (χ1v) is 5.76. The average molecular weight is 218 g/mol. The predicted octanol–water partition coefficient (Wildman–Crippen LogP) is -0.142. The molecular formula is C15H10N2. The molecule has 0 saturated heterocycles. The third-order valence-corrected chi connectivity index (χ3v) is 3.34. The molecule has 0 unspecified atom stereocenters. The molecule has 1 aromatic heterocycles. The van der Waals surface area contributed by atoms with Gasteiger partial charge in [-0.25, -0.2) is 4.99 Å². The minimum Gasteiger partial charge on any atom is -0.257 e. The average Bonchev–Trinajstić information content (AvgIpc) is 2.78. The van der Waals surface area contributed by atoms with E-state index in [1.165, 1.54) is 10.8 Å². The standard InChI is InChI=1S/C15H10N2/c1-2-6-14-10(4-1)11-7-8-13-12(15(11)17-14)5-3-9-16-13/h1-6,8-9H,7H2. The highest BCUT2D eigenvalue weighted by atomic mass is 14.8.